The number of nitrogens with two attached hydrogens (primary N) is 1. The minimum atomic E-state index is -2.59. The van der Waals surface area contributed by atoms with Gasteiger partial charge in [0.1, 0.15) is 28.9 Å². The number of phenols is 1. The van der Waals surface area contributed by atoms with Gasteiger partial charge in [-0.2, -0.15) is 0 Å². The third-order valence-electron chi connectivity index (χ3n) is 7.28. The molecule has 11 heteroatoms. The van der Waals surface area contributed by atoms with Crippen molar-refractivity contribution in [3.63, 3.8) is 0 Å². The third kappa shape index (κ3) is 2.82. The van der Waals surface area contributed by atoms with Gasteiger partial charge in [0.25, 0.3) is 5.91 Å². The smallest absolute Gasteiger partial charge is 0.255 e. The predicted octanol–water partition coefficient (Wildman–Crippen LogP) is 0.0742. The quantitative estimate of drug-likeness (QED) is 0.288. The molecule has 6 atom stereocenters. The fourth-order valence-corrected chi connectivity index (χ4v) is 6.14. The maximum Gasteiger partial charge on any atom is 0.255 e. The standard InChI is InChI=1S/C22H25ClN2O8/c1-21(32)7-6-8-15(25(2)3)17(28)13(20(24)31)19(30)22(8,33)18(29)11(7)16(27)12-10(26)5-4-9(23)14(12)21/h4-5,7-8,15,18,26-27,29-30,32-33H,6H2,1-3H3,(H2,24,31)/t7-,8-,15-,18?,21-,22-/m0/s1. The van der Waals surface area contributed by atoms with E-state index in [0.717, 1.165) is 0 Å². The molecule has 3 aliphatic carbocycles. The average Bonchev–Trinajstić information content (AvgIpc) is 2.69. The maximum atomic E-state index is 13.1. The first-order chi connectivity index (χ1) is 15.2. The summed E-state index contributed by atoms with van der Waals surface area (Å²) >= 11 is 6.30. The van der Waals surface area contributed by atoms with Crippen molar-refractivity contribution in [1.82, 2.24) is 4.90 Å². The molecule has 1 aromatic carbocycles. The fourth-order valence-electron chi connectivity index (χ4n) is 5.79. The van der Waals surface area contributed by atoms with Crippen LogP contribution in [-0.2, 0) is 15.2 Å². The fraction of sp³-hybridized carbons (Fsp3) is 0.455. The van der Waals surface area contributed by atoms with E-state index in [0.29, 0.717) is 0 Å². The largest absolute Gasteiger partial charge is 0.508 e. The number of hydrogen-bond acceptors (Lipinski definition) is 9. The van der Waals surface area contributed by atoms with Crippen LogP contribution in [0.2, 0.25) is 5.02 Å². The topological polar surface area (TPSA) is 185 Å². The highest BCUT2D eigenvalue weighted by Crippen LogP contribution is 2.59. The van der Waals surface area contributed by atoms with Gasteiger partial charge >= 0.3 is 0 Å². The van der Waals surface area contributed by atoms with Crippen LogP contribution in [0.4, 0.5) is 0 Å². The van der Waals surface area contributed by atoms with E-state index in [4.69, 9.17) is 17.3 Å². The number of carbonyl (C=O) groups is 2. The summed E-state index contributed by atoms with van der Waals surface area (Å²) in [6.45, 7) is 1.38. The highest BCUT2D eigenvalue weighted by molar-refractivity contribution is 6.32. The van der Waals surface area contributed by atoms with Crippen LogP contribution in [0.5, 0.6) is 5.75 Å². The van der Waals surface area contributed by atoms with Crippen molar-refractivity contribution < 1.29 is 40.2 Å². The molecule has 4 rings (SSSR count). The molecule has 1 aromatic rings. The van der Waals surface area contributed by atoms with Gasteiger partial charge in [-0.15, -0.1) is 0 Å². The van der Waals surface area contributed by atoms with E-state index in [2.05, 4.69) is 0 Å². The van der Waals surface area contributed by atoms with Crippen LogP contribution in [-0.4, -0.2) is 79.1 Å². The second kappa shape index (κ2) is 7.18. The zero-order chi connectivity index (χ0) is 24.8. The highest BCUT2D eigenvalue weighted by atomic mass is 35.5. The summed E-state index contributed by atoms with van der Waals surface area (Å²) in [5.74, 6) is -6.56. The van der Waals surface area contributed by atoms with Crippen molar-refractivity contribution in [3.8, 4) is 5.75 Å². The summed E-state index contributed by atoms with van der Waals surface area (Å²) in [5, 5.41) is 66.9. The lowest BCUT2D eigenvalue weighted by Gasteiger charge is -2.56. The number of carbonyl (C=O) groups excluding carboxylic acids is 2. The number of amides is 1. The monoisotopic (exact) mass is 480 g/mol. The number of phenolic OH excluding ortho intramolecular Hbond substituents is 1. The molecule has 1 amide bonds. The van der Waals surface area contributed by atoms with Crippen LogP contribution in [0.15, 0.2) is 29.0 Å². The number of halogens is 1. The van der Waals surface area contributed by atoms with E-state index in [1.807, 2.05) is 0 Å². The Kier molecular flexibility index (Phi) is 5.12. The van der Waals surface area contributed by atoms with Gasteiger partial charge in [0, 0.05) is 28.0 Å². The Morgan fingerprint density at radius 3 is 2.36 bits per heavy atom. The number of fused-ring (bicyclic) bond motifs is 3. The Hall–Kier alpha value is -2.63. The van der Waals surface area contributed by atoms with Gasteiger partial charge < -0.3 is 36.4 Å². The number of Topliss-reactive ketones (excluding diaryl/α,β-unsaturated/α-hetero) is 1. The first-order valence-corrected chi connectivity index (χ1v) is 10.6. The maximum absolute atomic E-state index is 13.1. The zero-order valence-corrected chi connectivity index (χ0v) is 18.8. The summed E-state index contributed by atoms with van der Waals surface area (Å²) in [7, 11) is 3.03. The molecule has 3 aliphatic rings. The number of likely N-dealkylation sites (N-methyl/N-ethyl adjacent to an activating group) is 1. The van der Waals surface area contributed by atoms with Gasteiger partial charge in [-0.25, -0.2) is 0 Å². The Bertz CT molecular complexity index is 1160. The van der Waals surface area contributed by atoms with Crippen LogP contribution < -0.4 is 5.73 Å². The lowest BCUT2D eigenvalue weighted by molar-refractivity contribution is -0.168. The molecule has 0 saturated heterocycles. The summed E-state index contributed by atoms with van der Waals surface area (Å²) in [6.07, 6.45) is -2.26. The second-order valence-corrected chi connectivity index (χ2v) is 9.66. The Labute approximate surface area is 193 Å². The number of rotatable bonds is 2. The highest BCUT2D eigenvalue weighted by Gasteiger charge is 2.66. The van der Waals surface area contributed by atoms with Gasteiger partial charge in [-0.3, -0.25) is 14.5 Å². The van der Waals surface area contributed by atoms with Crippen LogP contribution in [0.1, 0.15) is 24.5 Å². The lowest BCUT2D eigenvalue weighted by Crippen LogP contribution is -2.68. The van der Waals surface area contributed by atoms with E-state index in [1.54, 1.807) is 0 Å². The average molecular weight is 481 g/mol. The molecule has 0 aliphatic heterocycles. The summed E-state index contributed by atoms with van der Waals surface area (Å²) < 4.78 is 0. The number of aliphatic hydroxyl groups excluding tert-OH is 3. The molecule has 1 fully saturated rings. The molecule has 0 heterocycles. The Morgan fingerprint density at radius 2 is 1.82 bits per heavy atom. The molecule has 33 heavy (non-hydrogen) atoms. The van der Waals surface area contributed by atoms with Crippen molar-refractivity contribution >= 4 is 29.1 Å². The van der Waals surface area contributed by atoms with Crippen LogP contribution >= 0.6 is 11.6 Å². The molecule has 1 unspecified atom stereocenters. The molecule has 8 N–H and O–H groups in total. The van der Waals surface area contributed by atoms with Crippen LogP contribution in [0.3, 0.4) is 0 Å². The minimum absolute atomic E-state index is 0.0224. The van der Waals surface area contributed by atoms with E-state index < -0.39 is 69.7 Å². The van der Waals surface area contributed by atoms with E-state index in [9.17, 15) is 40.2 Å². The zero-order valence-electron chi connectivity index (χ0n) is 18.1. The second-order valence-electron chi connectivity index (χ2n) is 9.25. The summed E-state index contributed by atoms with van der Waals surface area (Å²) in [4.78, 5) is 26.5. The number of primary amides is 1. The van der Waals surface area contributed by atoms with Crippen molar-refractivity contribution in [2.45, 2.75) is 36.7 Å². The summed E-state index contributed by atoms with van der Waals surface area (Å²) in [6, 6.07) is 1.35. The number of aromatic hydroxyl groups is 1. The SMILES string of the molecule is CN(C)[C@@H]1C(=O)C(C(N)=O)=C(O)[C@@]2(O)C(O)C3=C(O)c4c(O)ccc(Cl)c4[C@@](C)(O)[C@H]3C[C@@H]12. The van der Waals surface area contributed by atoms with Gasteiger partial charge in [0.2, 0.25) is 0 Å². The van der Waals surface area contributed by atoms with Gasteiger partial charge in [0.15, 0.2) is 11.4 Å². The molecule has 178 valence electrons. The molecule has 0 aromatic heterocycles. The molecule has 0 spiro atoms. The molecular weight excluding hydrogens is 456 g/mol. The summed E-state index contributed by atoms with van der Waals surface area (Å²) in [5.41, 5.74) is -0.462. The normalized spacial score (nSPS) is 35.9. The van der Waals surface area contributed by atoms with Crippen LogP contribution in [0.25, 0.3) is 5.76 Å². The Balaban J connectivity index is 2.06. The van der Waals surface area contributed by atoms with E-state index >= 15 is 0 Å². The molecule has 0 bridgehead atoms. The molecule has 10 nitrogen and oxygen atoms in total. The van der Waals surface area contributed by atoms with Gasteiger partial charge in [-0.1, -0.05) is 11.6 Å². The molecule has 0 radical (unpaired) electrons. The first kappa shape index (κ1) is 23.5. The van der Waals surface area contributed by atoms with Crippen LogP contribution in [0, 0.1) is 11.8 Å². The van der Waals surface area contributed by atoms with Crippen molar-refractivity contribution in [2.24, 2.45) is 17.6 Å². The number of aliphatic hydroxyl groups is 5. The first-order valence-electron chi connectivity index (χ1n) is 10.2. The molecular formula is C22H25ClN2O8. The van der Waals surface area contributed by atoms with Crippen molar-refractivity contribution in [1.29, 1.82) is 0 Å². The molecule has 1 saturated carbocycles. The number of hydrogen-bond donors (Lipinski definition) is 7. The Morgan fingerprint density at radius 1 is 1.21 bits per heavy atom. The minimum Gasteiger partial charge on any atom is -0.508 e. The number of benzene rings is 1. The van der Waals surface area contributed by atoms with Crippen molar-refractivity contribution in [2.75, 3.05) is 14.1 Å². The predicted molar refractivity (Wildman–Crippen MR) is 116 cm³/mol. The number of ketones is 1. The third-order valence-corrected chi connectivity index (χ3v) is 7.60. The lowest BCUT2D eigenvalue weighted by atomic mass is 9.54. The van der Waals surface area contributed by atoms with Gasteiger partial charge in [0.05, 0.1) is 17.2 Å². The van der Waals surface area contributed by atoms with E-state index in [1.165, 1.54) is 38.1 Å². The van der Waals surface area contributed by atoms with Gasteiger partial charge in [-0.05, 0) is 39.6 Å². The number of nitrogens with zero attached hydrogens (tertiary/aromatic N) is 1. The van der Waals surface area contributed by atoms with Crippen molar-refractivity contribution in [3.05, 3.63) is 45.2 Å². The van der Waals surface area contributed by atoms with E-state index in [-0.39, 0.29) is 28.1 Å².